The van der Waals surface area contributed by atoms with E-state index in [9.17, 15) is 14.0 Å². The van der Waals surface area contributed by atoms with Crippen LogP contribution in [0, 0.1) is 30.5 Å². The molecular formula is C17H20FNO2. The van der Waals surface area contributed by atoms with Crippen molar-refractivity contribution in [2.75, 3.05) is 5.32 Å². The zero-order chi connectivity index (χ0) is 15.0. The Hall–Kier alpha value is -1.71. The lowest BCUT2D eigenvalue weighted by Gasteiger charge is -2.36. The lowest BCUT2D eigenvalue weighted by atomic mass is 9.67. The van der Waals surface area contributed by atoms with Gasteiger partial charge >= 0.3 is 0 Å². The molecule has 0 aliphatic heterocycles. The Kier molecular flexibility index (Phi) is 3.79. The van der Waals surface area contributed by atoms with Gasteiger partial charge in [-0.15, -0.1) is 0 Å². The molecule has 1 N–H and O–H groups in total. The summed E-state index contributed by atoms with van der Waals surface area (Å²) in [6.45, 7) is 1.86. The smallest absolute Gasteiger partial charge is 0.227 e. The Bertz CT molecular complexity index is 568. The Balaban J connectivity index is 1.71. The molecule has 4 heteroatoms. The molecule has 1 amide bonds. The van der Waals surface area contributed by atoms with Crippen LogP contribution in [0.3, 0.4) is 0 Å². The molecule has 1 aromatic rings. The molecule has 3 nitrogen and oxygen atoms in total. The first kappa shape index (κ1) is 14.2. The van der Waals surface area contributed by atoms with Crippen LogP contribution in [-0.4, -0.2) is 11.7 Å². The number of ketones is 1. The van der Waals surface area contributed by atoms with Crippen LogP contribution >= 0.6 is 0 Å². The van der Waals surface area contributed by atoms with Crippen LogP contribution < -0.4 is 5.32 Å². The fourth-order valence-corrected chi connectivity index (χ4v) is 3.66. The van der Waals surface area contributed by atoms with Gasteiger partial charge in [0, 0.05) is 17.8 Å². The van der Waals surface area contributed by atoms with E-state index < -0.39 is 5.82 Å². The second-order valence-corrected chi connectivity index (χ2v) is 6.37. The summed E-state index contributed by atoms with van der Waals surface area (Å²) in [7, 11) is 0. The van der Waals surface area contributed by atoms with Gasteiger partial charge in [-0.25, -0.2) is 4.39 Å². The van der Waals surface area contributed by atoms with Crippen molar-refractivity contribution >= 4 is 17.4 Å². The molecule has 112 valence electrons. The lowest BCUT2D eigenvalue weighted by Crippen LogP contribution is -2.40. The average molecular weight is 289 g/mol. The van der Waals surface area contributed by atoms with Crippen molar-refractivity contribution in [3.05, 3.63) is 29.6 Å². The number of halogens is 1. The van der Waals surface area contributed by atoms with E-state index in [0.29, 0.717) is 18.6 Å². The molecule has 2 aliphatic rings. The number of carbonyl (C=O) groups excluding carboxylic acids is 2. The van der Waals surface area contributed by atoms with Crippen LogP contribution in [0.1, 0.15) is 37.7 Å². The average Bonchev–Trinajstić information content (AvgIpc) is 2.42. The van der Waals surface area contributed by atoms with Crippen LogP contribution in [0.5, 0.6) is 0 Å². The van der Waals surface area contributed by atoms with Gasteiger partial charge in [-0.3, -0.25) is 9.59 Å². The summed E-state index contributed by atoms with van der Waals surface area (Å²) in [5, 5.41) is 2.70. The number of Topliss-reactive ketones (excluding diaryl/α,β-unsaturated/α-hetero) is 1. The predicted octanol–water partition coefficient (Wildman–Crippen LogP) is 3.47. The first-order valence-corrected chi connectivity index (χ1v) is 7.65. The Labute approximate surface area is 123 Å². The van der Waals surface area contributed by atoms with Crippen molar-refractivity contribution in [2.45, 2.75) is 39.0 Å². The molecule has 2 saturated carbocycles. The topological polar surface area (TPSA) is 46.2 Å². The van der Waals surface area contributed by atoms with Gasteiger partial charge in [0.1, 0.15) is 11.6 Å². The summed E-state index contributed by atoms with van der Waals surface area (Å²) < 4.78 is 13.7. The zero-order valence-corrected chi connectivity index (χ0v) is 12.2. The fourth-order valence-electron chi connectivity index (χ4n) is 3.66. The minimum atomic E-state index is -0.416. The first-order chi connectivity index (χ1) is 10.0. The quantitative estimate of drug-likeness (QED) is 0.906. The van der Waals surface area contributed by atoms with Gasteiger partial charge in [-0.2, -0.15) is 0 Å². The van der Waals surface area contributed by atoms with Crippen molar-refractivity contribution in [3.8, 4) is 0 Å². The van der Waals surface area contributed by atoms with Gasteiger partial charge in [-0.05, 0) is 50.3 Å². The molecule has 0 aromatic heterocycles. The number of amides is 1. The van der Waals surface area contributed by atoms with Gasteiger partial charge in [0.15, 0.2) is 0 Å². The summed E-state index contributed by atoms with van der Waals surface area (Å²) in [6, 6.07) is 4.68. The third kappa shape index (κ3) is 2.85. The van der Waals surface area contributed by atoms with E-state index in [0.717, 1.165) is 24.8 Å². The monoisotopic (exact) mass is 289 g/mol. The Morgan fingerprint density at radius 2 is 1.90 bits per heavy atom. The SMILES string of the molecule is Cc1ccc(F)c(NC(=O)C2CC3CCCC(C2)C3=O)c1. The minimum absolute atomic E-state index is 0.0376. The van der Waals surface area contributed by atoms with E-state index in [-0.39, 0.29) is 29.3 Å². The number of anilines is 1. The van der Waals surface area contributed by atoms with Crippen molar-refractivity contribution < 1.29 is 14.0 Å². The largest absolute Gasteiger partial charge is 0.323 e. The highest BCUT2D eigenvalue weighted by atomic mass is 19.1. The van der Waals surface area contributed by atoms with Crippen LogP contribution in [0.25, 0.3) is 0 Å². The highest BCUT2D eigenvalue weighted by molar-refractivity contribution is 5.95. The number of hydrogen-bond acceptors (Lipinski definition) is 2. The zero-order valence-electron chi connectivity index (χ0n) is 12.2. The molecule has 0 saturated heterocycles. The summed E-state index contributed by atoms with van der Waals surface area (Å²) in [4.78, 5) is 24.4. The summed E-state index contributed by atoms with van der Waals surface area (Å²) >= 11 is 0. The Morgan fingerprint density at radius 1 is 1.24 bits per heavy atom. The summed E-state index contributed by atoms with van der Waals surface area (Å²) in [6.07, 6.45) is 4.13. The van der Waals surface area contributed by atoms with E-state index in [1.165, 1.54) is 6.07 Å². The normalized spacial score (nSPS) is 28.3. The number of rotatable bonds is 2. The summed E-state index contributed by atoms with van der Waals surface area (Å²) in [5.74, 6) is -0.318. The maximum atomic E-state index is 13.7. The number of nitrogens with one attached hydrogen (secondary N) is 1. The molecule has 21 heavy (non-hydrogen) atoms. The molecule has 2 unspecified atom stereocenters. The maximum Gasteiger partial charge on any atom is 0.227 e. The first-order valence-electron chi connectivity index (χ1n) is 7.65. The van der Waals surface area contributed by atoms with E-state index in [4.69, 9.17) is 0 Å². The maximum absolute atomic E-state index is 13.7. The highest BCUT2D eigenvalue weighted by Crippen LogP contribution is 2.40. The third-order valence-electron chi connectivity index (χ3n) is 4.80. The molecule has 2 bridgehead atoms. The minimum Gasteiger partial charge on any atom is -0.323 e. The van der Waals surface area contributed by atoms with Gasteiger partial charge in [0.2, 0.25) is 5.91 Å². The standard InChI is InChI=1S/C17H20FNO2/c1-10-5-6-14(18)15(7-10)19-17(21)13-8-11-3-2-4-12(9-13)16(11)20/h5-7,11-13H,2-4,8-9H2,1H3,(H,19,21). The van der Waals surface area contributed by atoms with Crippen molar-refractivity contribution in [3.63, 3.8) is 0 Å². The molecule has 2 atom stereocenters. The molecule has 0 radical (unpaired) electrons. The molecular weight excluding hydrogens is 269 g/mol. The highest BCUT2D eigenvalue weighted by Gasteiger charge is 2.41. The van der Waals surface area contributed by atoms with E-state index in [1.807, 2.05) is 6.92 Å². The second-order valence-electron chi connectivity index (χ2n) is 6.37. The van der Waals surface area contributed by atoms with E-state index >= 15 is 0 Å². The van der Waals surface area contributed by atoms with E-state index in [2.05, 4.69) is 5.32 Å². The molecule has 2 aliphatic carbocycles. The molecule has 1 aromatic carbocycles. The van der Waals surface area contributed by atoms with Crippen molar-refractivity contribution in [2.24, 2.45) is 17.8 Å². The molecule has 2 fully saturated rings. The van der Waals surface area contributed by atoms with Crippen LogP contribution in [0.2, 0.25) is 0 Å². The Morgan fingerprint density at radius 3 is 2.57 bits per heavy atom. The number of carbonyl (C=O) groups is 2. The van der Waals surface area contributed by atoms with Crippen LogP contribution in [-0.2, 0) is 9.59 Å². The predicted molar refractivity (Wildman–Crippen MR) is 78.3 cm³/mol. The van der Waals surface area contributed by atoms with E-state index in [1.54, 1.807) is 12.1 Å². The van der Waals surface area contributed by atoms with Gasteiger partial charge in [0.05, 0.1) is 5.69 Å². The second kappa shape index (κ2) is 5.58. The van der Waals surface area contributed by atoms with Crippen molar-refractivity contribution in [1.82, 2.24) is 0 Å². The number of benzene rings is 1. The number of aryl methyl sites for hydroxylation is 1. The van der Waals surface area contributed by atoms with Gasteiger partial charge < -0.3 is 5.32 Å². The summed E-state index contributed by atoms with van der Waals surface area (Å²) in [5.41, 5.74) is 1.14. The number of fused-ring (bicyclic) bond motifs is 2. The number of hydrogen-bond donors (Lipinski definition) is 1. The molecule has 3 rings (SSSR count). The van der Waals surface area contributed by atoms with Gasteiger partial charge in [0.25, 0.3) is 0 Å². The molecule has 0 spiro atoms. The van der Waals surface area contributed by atoms with Crippen LogP contribution in [0.15, 0.2) is 18.2 Å². The lowest BCUT2D eigenvalue weighted by molar-refractivity contribution is -0.136. The molecule has 0 heterocycles. The third-order valence-corrected chi connectivity index (χ3v) is 4.80. The fraction of sp³-hybridized carbons (Fsp3) is 0.529. The van der Waals surface area contributed by atoms with Gasteiger partial charge in [-0.1, -0.05) is 12.5 Å². The van der Waals surface area contributed by atoms with Crippen molar-refractivity contribution in [1.29, 1.82) is 0 Å². The van der Waals surface area contributed by atoms with Crippen LogP contribution in [0.4, 0.5) is 10.1 Å².